The molecule has 0 aliphatic heterocycles. The minimum absolute atomic E-state index is 0. The van der Waals surface area contributed by atoms with E-state index in [9.17, 15) is 17.3 Å². The summed E-state index contributed by atoms with van der Waals surface area (Å²) in [6.45, 7) is 3.46. The molecule has 0 radical (unpaired) electrons. The van der Waals surface area contributed by atoms with E-state index in [0.29, 0.717) is 0 Å². The van der Waals surface area contributed by atoms with E-state index >= 15 is 0 Å². The number of halogens is 5. The van der Waals surface area contributed by atoms with Gasteiger partial charge in [-0.15, -0.1) is 17.0 Å². The molecule has 8 heteroatoms. The highest BCUT2D eigenvalue weighted by Crippen LogP contribution is 2.10. The Labute approximate surface area is 154 Å². The largest absolute Gasteiger partial charge is 0.673 e. The summed E-state index contributed by atoms with van der Waals surface area (Å²) in [5, 5.41) is 0. The number of nitrogens with zero attached hydrogens (tertiary/aromatic N) is 2. The second-order valence-corrected chi connectivity index (χ2v) is 5.99. The van der Waals surface area contributed by atoms with Crippen molar-refractivity contribution in [1.82, 2.24) is 4.57 Å². The Morgan fingerprint density at radius 1 is 0.833 bits per heavy atom. The van der Waals surface area contributed by atoms with Gasteiger partial charge in [0.05, 0.1) is 13.6 Å². The predicted molar refractivity (Wildman–Crippen MR) is 98.0 cm³/mol. The lowest BCUT2D eigenvalue weighted by molar-refractivity contribution is -0.696. The summed E-state index contributed by atoms with van der Waals surface area (Å²) in [4.78, 5) is 0. The van der Waals surface area contributed by atoms with Crippen molar-refractivity contribution in [2.75, 3.05) is 0 Å². The molecule has 0 unspecified atom stereocenters. The number of hydrogen-bond acceptors (Lipinski definition) is 0. The number of aryl methyl sites for hydroxylation is 2. The van der Waals surface area contributed by atoms with Gasteiger partial charge in [0.25, 0.3) is 0 Å². The van der Waals surface area contributed by atoms with Crippen LogP contribution in [-0.4, -0.2) is 11.8 Å². The summed E-state index contributed by atoms with van der Waals surface area (Å²) in [5.74, 6) is 0. The number of imidazole rings is 1. The monoisotopic (exact) mass is 418 g/mol. The minimum atomic E-state index is -6.00. The van der Waals surface area contributed by atoms with E-state index in [2.05, 4.69) is 41.8 Å². The Balaban J connectivity index is 0. The van der Waals surface area contributed by atoms with Gasteiger partial charge in [-0.05, 0) is 12.8 Å². The SMILES string of the molecule is Br.CCCCCCCCCCCC[n+]1ccn(C)c1.F[B-](F)(F)F. The van der Waals surface area contributed by atoms with Gasteiger partial charge in [-0.3, -0.25) is 0 Å². The zero-order chi connectivity index (χ0) is 17.6. The molecular formula is C16H32BBrF4N2. The highest BCUT2D eigenvalue weighted by Gasteiger charge is 2.20. The van der Waals surface area contributed by atoms with E-state index in [-0.39, 0.29) is 17.0 Å². The molecule has 144 valence electrons. The van der Waals surface area contributed by atoms with E-state index in [1.54, 1.807) is 0 Å². The first-order valence-electron chi connectivity index (χ1n) is 8.71. The molecule has 0 saturated heterocycles. The maximum absolute atomic E-state index is 9.75. The maximum atomic E-state index is 9.75. The van der Waals surface area contributed by atoms with Gasteiger partial charge in [0.1, 0.15) is 12.4 Å². The Morgan fingerprint density at radius 2 is 1.25 bits per heavy atom. The molecule has 2 nitrogen and oxygen atoms in total. The van der Waals surface area contributed by atoms with Crippen molar-refractivity contribution in [3.8, 4) is 0 Å². The van der Waals surface area contributed by atoms with E-state index < -0.39 is 7.25 Å². The van der Waals surface area contributed by atoms with Gasteiger partial charge in [0, 0.05) is 0 Å². The third kappa shape index (κ3) is 21.5. The fourth-order valence-corrected chi connectivity index (χ4v) is 2.42. The van der Waals surface area contributed by atoms with Crippen molar-refractivity contribution in [1.29, 1.82) is 0 Å². The van der Waals surface area contributed by atoms with Gasteiger partial charge < -0.3 is 17.3 Å². The summed E-state index contributed by atoms with van der Waals surface area (Å²) in [5.41, 5.74) is 0. The molecule has 0 atom stereocenters. The zero-order valence-electron chi connectivity index (χ0n) is 14.9. The van der Waals surface area contributed by atoms with Crippen molar-refractivity contribution in [3.05, 3.63) is 18.7 Å². The standard InChI is InChI=1S/C16H31N2.BF4.BrH/c1-3-4-5-6-7-8-9-10-11-12-13-18-15-14-17(2)16-18;2-1(3,4)5;/h14-16H,3-13H2,1-2H3;;1H/q+1;-1;. The Hall–Kier alpha value is -0.525. The smallest absolute Gasteiger partial charge is 0.418 e. The lowest BCUT2D eigenvalue weighted by Gasteiger charge is -2.01. The van der Waals surface area contributed by atoms with Crippen LogP contribution >= 0.6 is 17.0 Å². The Bertz CT molecular complexity index is 380. The molecule has 1 aromatic heterocycles. The predicted octanol–water partition coefficient (Wildman–Crippen LogP) is 6.11. The number of hydrogen-bond donors (Lipinski definition) is 0. The molecule has 0 aliphatic rings. The molecule has 0 N–H and O–H groups in total. The van der Waals surface area contributed by atoms with Crippen LogP contribution in [0, 0.1) is 0 Å². The lowest BCUT2D eigenvalue weighted by Crippen LogP contribution is -2.30. The van der Waals surface area contributed by atoms with Crippen molar-refractivity contribution in [2.45, 2.75) is 77.7 Å². The number of aromatic nitrogens is 2. The number of unbranched alkanes of at least 4 members (excludes halogenated alkanes) is 9. The highest BCUT2D eigenvalue weighted by atomic mass is 79.9. The van der Waals surface area contributed by atoms with Crippen LogP contribution in [0.25, 0.3) is 0 Å². The first kappa shape index (κ1) is 25.7. The molecule has 1 aromatic rings. The van der Waals surface area contributed by atoms with Crippen molar-refractivity contribution < 1.29 is 21.8 Å². The summed E-state index contributed by atoms with van der Waals surface area (Å²) in [6, 6.07) is 0. The van der Waals surface area contributed by atoms with Crippen LogP contribution in [0.3, 0.4) is 0 Å². The van der Waals surface area contributed by atoms with Crippen LogP contribution in [0.5, 0.6) is 0 Å². The third-order valence-corrected chi connectivity index (χ3v) is 3.59. The Morgan fingerprint density at radius 3 is 1.62 bits per heavy atom. The average molecular weight is 419 g/mol. The van der Waals surface area contributed by atoms with Gasteiger partial charge in [-0.2, -0.15) is 0 Å². The molecule has 24 heavy (non-hydrogen) atoms. The lowest BCUT2D eigenvalue weighted by atomic mass is 10.1. The molecule has 0 spiro atoms. The van der Waals surface area contributed by atoms with E-state index in [4.69, 9.17) is 0 Å². The molecule has 0 aromatic carbocycles. The first-order chi connectivity index (χ1) is 10.8. The second kappa shape index (κ2) is 16.0. The van der Waals surface area contributed by atoms with Crippen LogP contribution < -0.4 is 4.57 Å². The van der Waals surface area contributed by atoms with Gasteiger partial charge >= 0.3 is 7.25 Å². The molecule has 0 bridgehead atoms. The van der Waals surface area contributed by atoms with Crippen molar-refractivity contribution in [3.63, 3.8) is 0 Å². The van der Waals surface area contributed by atoms with Crippen LogP contribution in [0.2, 0.25) is 0 Å². The second-order valence-electron chi connectivity index (χ2n) is 5.99. The molecule has 1 rings (SSSR count). The fourth-order valence-electron chi connectivity index (χ4n) is 2.42. The molecular weight excluding hydrogens is 387 g/mol. The molecule has 0 aliphatic carbocycles. The summed E-state index contributed by atoms with van der Waals surface area (Å²) >= 11 is 0. The zero-order valence-corrected chi connectivity index (χ0v) is 16.6. The molecule has 1 heterocycles. The van der Waals surface area contributed by atoms with Crippen molar-refractivity contribution >= 4 is 24.2 Å². The van der Waals surface area contributed by atoms with Gasteiger partial charge in [0.15, 0.2) is 0 Å². The van der Waals surface area contributed by atoms with E-state index in [1.165, 1.54) is 70.8 Å². The summed E-state index contributed by atoms with van der Waals surface area (Å²) in [6.07, 6.45) is 20.6. The Kier molecular flexibility index (Phi) is 17.1. The number of rotatable bonds is 11. The van der Waals surface area contributed by atoms with Gasteiger partial charge in [0.2, 0.25) is 6.33 Å². The van der Waals surface area contributed by atoms with E-state index in [1.807, 2.05) is 0 Å². The summed E-state index contributed by atoms with van der Waals surface area (Å²) in [7, 11) is -3.92. The highest BCUT2D eigenvalue weighted by molar-refractivity contribution is 8.93. The van der Waals surface area contributed by atoms with Crippen LogP contribution in [0.4, 0.5) is 17.3 Å². The molecule has 0 saturated carbocycles. The first-order valence-corrected chi connectivity index (χ1v) is 8.71. The van der Waals surface area contributed by atoms with E-state index in [0.717, 1.165) is 0 Å². The fraction of sp³-hybridized carbons (Fsp3) is 0.812. The topological polar surface area (TPSA) is 8.81 Å². The van der Waals surface area contributed by atoms with Crippen LogP contribution in [0.15, 0.2) is 18.7 Å². The third-order valence-electron chi connectivity index (χ3n) is 3.59. The normalized spacial score (nSPS) is 10.8. The maximum Gasteiger partial charge on any atom is 0.673 e. The molecule has 0 amide bonds. The molecule has 0 fully saturated rings. The van der Waals surface area contributed by atoms with Crippen LogP contribution in [-0.2, 0) is 13.6 Å². The van der Waals surface area contributed by atoms with Gasteiger partial charge in [-0.1, -0.05) is 58.3 Å². The quantitative estimate of drug-likeness (QED) is 0.177. The van der Waals surface area contributed by atoms with Gasteiger partial charge in [-0.25, -0.2) is 9.13 Å². The average Bonchev–Trinajstić information content (AvgIpc) is 2.85. The van der Waals surface area contributed by atoms with Crippen LogP contribution in [0.1, 0.15) is 71.1 Å². The summed E-state index contributed by atoms with van der Waals surface area (Å²) < 4.78 is 43.4. The minimum Gasteiger partial charge on any atom is -0.418 e. The van der Waals surface area contributed by atoms with Crippen molar-refractivity contribution in [2.24, 2.45) is 7.05 Å².